The Hall–Kier alpha value is -2.97. The highest BCUT2D eigenvalue weighted by Gasteiger charge is 2.40. The molecule has 3 N–H and O–H groups in total. The largest absolute Gasteiger partial charge is 0.481 e. The molecular formula is C25H32N4O4. The molecule has 0 unspecified atom stereocenters. The molecule has 8 heteroatoms. The summed E-state index contributed by atoms with van der Waals surface area (Å²) >= 11 is 0. The van der Waals surface area contributed by atoms with E-state index in [0.717, 1.165) is 37.1 Å². The second-order valence-electron chi connectivity index (χ2n) is 9.12. The number of ether oxygens (including phenoxy) is 1. The van der Waals surface area contributed by atoms with Gasteiger partial charge in [0.05, 0.1) is 25.3 Å². The number of rotatable bonds is 7. The number of nitrogens with one attached hydrogen (secondary N) is 2. The van der Waals surface area contributed by atoms with Crippen LogP contribution in [0.5, 0.6) is 5.88 Å². The van der Waals surface area contributed by atoms with Gasteiger partial charge in [-0.05, 0) is 50.8 Å². The summed E-state index contributed by atoms with van der Waals surface area (Å²) in [6, 6.07) is 11.5. The normalized spacial score (nSPS) is 23.4. The van der Waals surface area contributed by atoms with E-state index in [1.807, 2.05) is 25.1 Å². The predicted octanol–water partition coefficient (Wildman–Crippen LogP) is 1.76. The number of likely N-dealkylation sites (tertiary alicyclic amines) is 1. The number of hydrogen-bond donors (Lipinski definition) is 3. The van der Waals surface area contributed by atoms with Crippen LogP contribution in [0.1, 0.15) is 47.2 Å². The second-order valence-corrected chi connectivity index (χ2v) is 9.12. The van der Waals surface area contributed by atoms with Crippen molar-refractivity contribution in [2.75, 3.05) is 26.7 Å². The predicted molar refractivity (Wildman–Crippen MR) is 124 cm³/mol. The second kappa shape index (κ2) is 9.89. The van der Waals surface area contributed by atoms with Gasteiger partial charge in [0.2, 0.25) is 11.8 Å². The van der Waals surface area contributed by atoms with Crippen LogP contribution < -0.4 is 15.4 Å². The zero-order valence-electron chi connectivity index (χ0n) is 19.2. The smallest absolute Gasteiger partial charge is 0.251 e. The number of carbonyl (C=O) groups is 2. The van der Waals surface area contributed by atoms with Crippen LogP contribution in [0.15, 0.2) is 42.6 Å². The van der Waals surface area contributed by atoms with Gasteiger partial charge >= 0.3 is 0 Å². The van der Waals surface area contributed by atoms with Crippen LogP contribution in [-0.4, -0.2) is 65.6 Å². The maximum absolute atomic E-state index is 12.2. The van der Waals surface area contributed by atoms with Crippen LogP contribution in [-0.2, 0) is 10.4 Å². The van der Waals surface area contributed by atoms with Gasteiger partial charge in [-0.3, -0.25) is 14.5 Å². The SMILES string of the molecule is COc1ccc([C@]2(O)CC[C@H](N3CC(NC(=O)CNC(=O)c4cccc(C)c4)C3)CC2)cn1. The molecule has 1 saturated heterocycles. The van der Waals surface area contributed by atoms with Crippen molar-refractivity contribution in [1.29, 1.82) is 0 Å². The number of aliphatic hydroxyl groups is 1. The van der Waals surface area contributed by atoms with Gasteiger partial charge in [0.15, 0.2) is 0 Å². The molecule has 0 bridgehead atoms. The first kappa shape index (κ1) is 23.2. The Morgan fingerprint density at radius 1 is 1.21 bits per heavy atom. The third-order valence-corrected chi connectivity index (χ3v) is 6.75. The molecule has 1 aliphatic carbocycles. The Labute approximate surface area is 194 Å². The third kappa shape index (κ3) is 5.51. The molecule has 2 fully saturated rings. The molecule has 1 aliphatic heterocycles. The molecule has 1 aromatic heterocycles. The maximum atomic E-state index is 12.2. The first-order valence-corrected chi connectivity index (χ1v) is 11.5. The van der Waals surface area contributed by atoms with Gasteiger partial charge < -0.3 is 20.5 Å². The fourth-order valence-corrected chi connectivity index (χ4v) is 4.74. The number of carbonyl (C=O) groups excluding carboxylic acids is 2. The van der Waals surface area contributed by atoms with E-state index < -0.39 is 5.60 Å². The number of methoxy groups -OCH3 is 1. The fraction of sp³-hybridized carbons (Fsp3) is 0.480. The summed E-state index contributed by atoms with van der Waals surface area (Å²) in [5.74, 6) is 0.121. The zero-order chi connectivity index (χ0) is 23.4. The summed E-state index contributed by atoms with van der Waals surface area (Å²) in [7, 11) is 1.58. The van der Waals surface area contributed by atoms with Gasteiger partial charge in [-0.2, -0.15) is 0 Å². The standard InChI is InChI=1S/C25H32N4O4/c1-17-4-3-5-18(12-17)24(31)27-14-22(30)28-20-15-29(16-20)21-8-10-25(32,11-9-21)19-6-7-23(33-2)26-13-19/h3-7,12-13,20-21,32H,8-11,14-16H2,1-2H3,(H,27,31)(H,28,30)/t21-,25-. The van der Waals surface area contributed by atoms with E-state index in [4.69, 9.17) is 4.74 Å². The van der Waals surface area contributed by atoms with Gasteiger partial charge in [-0.1, -0.05) is 17.7 Å². The topological polar surface area (TPSA) is 104 Å². The van der Waals surface area contributed by atoms with Crippen LogP contribution in [0.4, 0.5) is 0 Å². The molecule has 0 atom stereocenters. The zero-order valence-corrected chi connectivity index (χ0v) is 19.2. The Morgan fingerprint density at radius 3 is 2.61 bits per heavy atom. The van der Waals surface area contributed by atoms with E-state index in [0.29, 0.717) is 30.3 Å². The molecule has 2 heterocycles. The van der Waals surface area contributed by atoms with Crippen LogP contribution in [0.25, 0.3) is 0 Å². The number of hydrogen-bond acceptors (Lipinski definition) is 6. The van der Waals surface area contributed by atoms with Crippen molar-refractivity contribution in [2.24, 2.45) is 0 Å². The summed E-state index contributed by atoms with van der Waals surface area (Å²) in [5, 5.41) is 16.8. The van der Waals surface area contributed by atoms with Gasteiger partial charge in [0.1, 0.15) is 0 Å². The highest BCUT2D eigenvalue weighted by molar-refractivity contribution is 5.96. The molecule has 0 spiro atoms. The average Bonchev–Trinajstić information content (AvgIpc) is 2.80. The first-order valence-electron chi connectivity index (χ1n) is 11.5. The Bertz CT molecular complexity index is 980. The van der Waals surface area contributed by atoms with Crippen molar-refractivity contribution in [1.82, 2.24) is 20.5 Å². The van der Waals surface area contributed by atoms with Crippen molar-refractivity contribution in [2.45, 2.75) is 50.3 Å². The number of amides is 2. The van der Waals surface area contributed by atoms with Crippen molar-refractivity contribution < 1.29 is 19.4 Å². The van der Waals surface area contributed by atoms with Crippen molar-refractivity contribution >= 4 is 11.8 Å². The minimum atomic E-state index is -0.843. The van der Waals surface area contributed by atoms with E-state index in [1.165, 1.54) is 0 Å². The third-order valence-electron chi connectivity index (χ3n) is 6.75. The minimum absolute atomic E-state index is 0.0321. The van der Waals surface area contributed by atoms with Gasteiger partial charge in [0, 0.05) is 42.5 Å². The summed E-state index contributed by atoms with van der Waals surface area (Å²) in [6.07, 6.45) is 4.87. The van der Waals surface area contributed by atoms with Crippen LogP contribution >= 0.6 is 0 Å². The van der Waals surface area contributed by atoms with Crippen molar-refractivity contribution in [3.63, 3.8) is 0 Å². The monoisotopic (exact) mass is 452 g/mol. The van der Waals surface area contributed by atoms with Crippen molar-refractivity contribution in [3.8, 4) is 5.88 Å². The summed E-state index contributed by atoms with van der Waals surface area (Å²) in [6.45, 7) is 3.49. The van der Waals surface area contributed by atoms with Gasteiger partial charge in [-0.15, -0.1) is 0 Å². The lowest BCUT2D eigenvalue weighted by atomic mass is 9.77. The van der Waals surface area contributed by atoms with E-state index in [9.17, 15) is 14.7 Å². The first-order chi connectivity index (χ1) is 15.9. The summed E-state index contributed by atoms with van der Waals surface area (Å²) < 4.78 is 5.10. The maximum Gasteiger partial charge on any atom is 0.251 e. The molecule has 2 amide bonds. The van der Waals surface area contributed by atoms with E-state index >= 15 is 0 Å². The number of nitrogens with zero attached hydrogens (tertiary/aromatic N) is 2. The molecule has 2 aliphatic rings. The number of benzene rings is 1. The van der Waals surface area contributed by atoms with Crippen molar-refractivity contribution in [3.05, 3.63) is 59.3 Å². The molecule has 8 nitrogen and oxygen atoms in total. The quantitative estimate of drug-likeness (QED) is 0.592. The number of aryl methyl sites for hydroxylation is 1. The summed E-state index contributed by atoms with van der Waals surface area (Å²) in [4.78, 5) is 31.0. The number of aromatic nitrogens is 1. The van der Waals surface area contributed by atoms with E-state index in [-0.39, 0.29) is 24.4 Å². The minimum Gasteiger partial charge on any atom is -0.481 e. The molecular weight excluding hydrogens is 420 g/mol. The van der Waals surface area contributed by atoms with Crippen LogP contribution in [0.3, 0.4) is 0 Å². The molecule has 33 heavy (non-hydrogen) atoms. The van der Waals surface area contributed by atoms with Gasteiger partial charge in [0.25, 0.3) is 5.91 Å². The Morgan fingerprint density at radius 2 is 1.97 bits per heavy atom. The molecule has 176 valence electrons. The summed E-state index contributed by atoms with van der Waals surface area (Å²) in [5.41, 5.74) is 1.55. The fourth-order valence-electron chi connectivity index (χ4n) is 4.74. The number of pyridine rings is 1. The lowest BCUT2D eigenvalue weighted by Gasteiger charge is -2.48. The molecule has 4 rings (SSSR count). The highest BCUT2D eigenvalue weighted by atomic mass is 16.5. The Kier molecular flexibility index (Phi) is 6.95. The average molecular weight is 453 g/mol. The van der Waals surface area contributed by atoms with E-state index in [2.05, 4.69) is 20.5 Å². The molecule has 1 saturated carbocycles. The highest BCUT2D eigenvalue weighted by Crippen LogP contribution is 2.39. The molecule has 1 aromatic carbocycles. The lowest BCUT2D eigenvalue weighted by molar-refractivity contribution is -0.122. The van der Waals surface area contributed by atoms with Crippen LogP contribution in [0, 0.1) is 6.92 Å². The van der Waals surface area contributed by atoms with Crippen LogP contribution in [0.2, 0.25) is 0 Å². The molecule has 0 radical (unpaired) electrons. The Balaban J connectivity index is 1.17. The van der Waals surface area contributed by atoms with E-state index in [1.54, 1.807) is 31.5 Å². The lowest BCUT2D eigenvalue weighted by Crippen LogP contribution is -2.63. The molecule has 2 aromatic rings. The van der Waals surface area contributed by atoms with Gasteiger partial charge in [-0.25, -0.2) is 4.98 Å².